The minimum atomic E-state index is -0.463. The van der Waals surface area contributed by atoms with Crippen molar-refractivity contribution in [1.82, 2.24) is 4.90 Å². The molecule has 5 nitrogen and oxygen atoms in total. The molecule has 0 saturated heterocycles. The number of non-ortho nitro benzene ring substituents is 1. The van der Waals surface area contributed by atoms with Crippen LogP contribution < -0.4 is 0 Å². The highest BCUT2D eigenvalue weighted by atomic mass is 79.9. The van der Waals surface area contributed by atoms with E-state index >= 15 is 0 Å². The molecule has 6 heteroatoms. The van der Waals surface area contributed by atoms with Crippen LogP contribution in [-0.4, -0.2) is 28.8 Å². The van der Waals surface area contributed by atoms with Gasteiger partial charge < -0.3 is 4.90 Å². The van der Waals surface area contributed by atoms with E-state index in [4.69, 9.17) is 0 Å². The van der Waals surface area contributed by atoms with E-state index in [0.29, 0.717) is 21.9 Å². The van der Waals surface area contributed by atoms with Gasteiger partial charge in [-0.05, 0) is 59.5 Å². The Bertz CT molecular complexity index is 568. The number of amides is 1. The first-order chi connectivity index (χ1) is 10.0. The van der Waals surface area contributed by atoms with Gasteiger partial charge in [0.1, 0.15) is 0 Å². The summed E-state index contributed by atoms with van der Waals surface area (Å²) in [7, 11) is 0. The van der Waals surface area contributed by atoms with Crippen LogP contribution in [0.5, 0.6) is 0 Å². The number of rotatable bonds is 6. The lowest BCUT2D eigenvalue weighted by atomic mass is 10.1. The third-order valence-electron chi connectivity index (χ3n) is 4.03. The molecule has 3 rings (SSSR count). The van der Waals surface area contributed by atoms with Crippen LogP contribution in [0, 0.1) is 22.0 Å². The number of nitro benzene ring substituents is 1. The molecule has 0 radical (unpaired) electrons. The highest BCUT2D eigenvalue weighted by molar-refractivity contribution is 9.10. The van der Waals surface area contributed by atoms with Gasteiger partial charge in [-0.25, -0.2) is 0 Å². The van der Waals surface area contributed by atoms with Gasteiger partial charge in [0.25, 0.3) is 11.6 Å². The smallest absolute Gasteiger partial charge is 0.270 e. The van der Waals surface area contributed by atoms with E-state index < -0.39 is 4.92 Å². The minimum absolute atomic E-state index is 0.0423. The predicted molar refractivity (Wildman–Crippen MR) is 82.1 cm³/mol. The average Bonchev–Trinajstić information content (AvgIpc) is 3.32. The monoisotopic (exact) mass is 352 g/mol. The maximum Gasteiger partial charge on any atom is 0.270 e. The summed E-state index contributed by atoms with van der Waals surface area (Å²) < 4.78 is 0.620. The van der Waals surface area contributed by atoms with Crippen molar-refractivity contribution < 1.29 is 9.72 Å². The van der Waals surface area contributed by atoms with Crippen molar-refractivity contribution in [2.75, 3.05) is 13.1 Å². The minimum Gasteiger partial charge on any atom is -0.338 e. The van der Waals surface area contributed by atoms with Crippen molar-refractivity contribution in [2.45, 2.75) is 25.7 Å². The van der Waals surface area contributed by atoms with Gasteiger partial charge in [-0.1, -0.05) is 0 Å². The van der Waals surface area contributed by atoms with Gasteiger partial charge in [0.15, 0.2) is 0 Å². The van der Waals surface area contributed by atoms with Crippen LogP contribution in [0.2, 0.25) is 0 Å². The highest BCUT2D eigenvalue weighted by Gasteiger charge is 2.32. The molecule has 112 valence electrons. The van der Waals surface area contributed by atoms with Crippen molar-refractivity contribution in [3.63, 3.8) is 0 Å². The summed E-state index contributed by atoms with van der Waals surface area (Å²) in [6.45, 7) is 1.56. The molecule has 0 unspecified atom stereocenters. The van der Waals surface area contributed by atoms with Gasteiger partial charge in [0, 0.05) is 29.7 Å². The molecule has 1 aromatic carbocycles. The van der Waals surface area contributed by atoms with Crippen LogP contribution in [0.25, 0.3) is 0 Å². The lowest BCUT2D eigenvalue weighted by molar-refractivity contribution is -0.384. The summed E-state index contributed by atoms with van der Waals surface area (Å²) in [5.41, 5.74) is 0.352. The second-order valence-electron chi connectivity index (χ2n) is 6.02. The third-order valence-corrected chi connectivity index (χ3v) is 4.72. The highest BCUT2D eigenvalue weighted by Crippen LogP contribution is 2.35. The molecule has 21 heavy (non-hydrogen) atoms. The van der Waals surface area contributed by atoms with E-state index in [2.05, 4.69) is 15.9 Å². The van der Waals surface area contributed by atoms with E-state index in [1.54, 1.807) is 6.07 Å². The number of hydrogen-bond donors (Lipinski definition) is 0. The SMILES string of the molecule is O=C(c1cc([N+](=O)[O-])ccc1Br)N(CC1CC1)CC1CC1. The molecule has 0 heterocycles. The number of nitrogens with zero attached hydrogens (tertiary/aromatic N) is 2. The molecule has 2 fully saturated rings. The molecule has 1 aromatic rings. The van der Waals surface area contributed by atoms with Crippen molar-refractivity contribution in [3.8, 4) is 0 Å². The molecule has 2 saturated carbocycles. The first-order valence-corrected chi connectivity index (χ1v) is 8.07. The van der Waals surface area contributed by atoms with Crippen LogP contribution in [0.1, 0.15) is 36.0 Å². The summed E-state index contributed by atoms with van der Waals surface area (Å²) in [6.07, 6.45) is 4.74. The predicted octanol–water partition coefficient (Wildman–Crippen LogP) is 3.62. The number of nitro groups is 1. The van der Waals surface area contributed by atoms with E-state index in [1.165, 1.54) is 37.8 Å². The molecule has 2 aliphatic rings. The Kier molecular flexibility index (Phi) is 3.97. The summed E-state index contributed by atoms with van der Waals surface area (Å²) in [4.78, 5) is 25.1. The third kappa shape index (κ3) is 3.61. The number of halogens is 1. The van der Waals surface area contributed by atoms with Gasteiger partial charge in [-0.3, -0.25) is 14.9 Å². The Morgan fingerprint density at radius 1 is 1.24 bits per heavy atom. The van der Waals surface area contributed by atoms with Crippen molar-refractivity contribution >= 4 is 27.5 Å². The van der Waals surface area contributed by atoms with Crippen LogP contribution in [0.3, 0.4) is 0 Å². The molecule has 0 bridgehead atoms. The van der Waals surface area contributed by atoms with Gasteiger partial charge in [-0.15, -0.1) is 0 Å². The van der Waals surface area contributed by atoms with Gasteiger partial charge in [0.2, 0.25) is 0 Å². The lowest BCUT2D eigenvalue weighted by Crippen LogP contribution is -2.35. The zero-order valence-corrected chi connectivity index (χ0v) is 13.2. The summed E-state index contributed by atoms with van der Waals surface area (Å²) in [6, 6.07) is 4.37. The Morgan fingerprint density at radius 2 is 1.81 bits per heavy atom. The quantitative estimate of drug-likeness (QED) is 0.580. The number of benzene rings is 1. The largest absolute Gasteiger partial charge is 0.338 e. The summed E-state index contributed by atoms with van der Waals surface area (Å²) in [5.74, 6) is 1.14. The molecule has 0 atom stereocenters. The molecular weight excluding hydrogens is 336 g/mol. The number of carbonyl (C=O) groups is 1. The molecule has 0 N–H and O–H groups in total. The van der Waals surface area contributed by atoms with E-state index in [9.17, 15) is 14.9 Å². The molecule has 1 amide bonds. The maximum atomic E-state index is 12.7. The Hall–Kier alpha value is -1.43. The van der Waals surface area contributed by atoms with Gasteiger partial charge in [-0.2, -0.15) is 0 Å². The fraction of sp³-hybridized carbons (Fsp3) is 0.533. The number of carbonyl (C=O) groups excluding carboxylic acids is 1. The zero-order chi connectivity index (χ0) is 15.0. The van der Waals surface area contributed by atoms with E-state index in [1.807, 2.05) is 4.90 Å². The molecule has 0 aromatic heterocycles. The van der Waals surface area contributed by atoms with Gasteiger partial charge in [0.05, 0.1) is 10.5 Å². The van der Waals surface area contributed by atoms with Crippen molar-refractivity contribution in [1.29, 1.82) is 0 Å². The summed E-state index contributed by atoms with van der Waals surface area (Å²) >= 11 is 3.34. The van der Waals surface area contributed by atoms with E-state index in [-0.39, 0.29) is 11.6 Å². The first kappa shape index (κ1) is 14.5. The molecule has 2 aliphatic carbocycles. The molecular formula is C15H17BrN2O3. The zero-order valence-electron chi connectivity index (χ0n) is 11.6. The van der Waals surface area contributed by atoms with Crippen molar-refractivity contribution in [3.05, 3.63) is 38.3 Å². The van der Waals surface area contributed by atoms with Crippen LogP contribution in [0.15, 0.2) is 22.7 Å². The average molecular weight is 353 g/mol. The molecule has 0 spiro atoms. The lowest BCUT2D eigenvalue weighted by Gasteiger charge is -2.23. The Labute approximate surface area is 131 Å². The first-order valence-electron chi connectivity index (χ1n) is 7.28. The normalized spacial score (nSPS) is 17.6. The second kappa shape index (κ2) is 5.75. The fourth-order valence-corrected chi connectivity index (χ4v) is 2.84. The standard InChI is InChI=1S/C15H17BrN2O3/c16-14-6-5-12(18(20)21)7-13(14)15(19)17(8-10-1-2-10)9-11-3-4-11/h5-7,10-11H,1-4,8-9H2. The van der Waals surface area contributed by atoms with Crippen molar-refractivity contribution in [2.24, 2.45) is 11.8 Å². The van der Waals surface area contributed by atoms with Crippen LogP contribution >= 0.6 is 15.9 Å². The van der Waals surface area contributed by atoms with Crippen LogP contribution in [0.4, 0.5) is 5.69 Å². The topological polar surface area (TPSA) is 63.4 Å². The van der Waals surface area contributed by atoms with Crippen LogP contribution in [-0.2, 0) is 0 Å². The summed E-state index contributed by atoms with van der Waals surface area (Å²) in [5, 5.41) is 10.9. The number of hydrogen-bond acceptors (Lipinski definition) is 3. The van der Waals surface area contributed by atoms with Gasteiger partial charge >= 0.3 is 0 Å². The molecule has 0 aliphatic heterocycles. The maximum absolute atomic E-state index is 12.7. The van der Waals surface area contributed by atoms with E-state index in [0.717, 1.165) is 13.1 Å². The Balaban J connectivity index is 1.82. The Morgan fingerprint density at radius 3 is 2.29 bits per heavy atom. The second-order valence-corrected chi connectivity index (χ2v) is 6.87. The fourth-order valence-electron chi connectivity index (χ4n) is 2.43.